The quantitative estimate of drug-likeness (QED) is 0.643. The molecule has 0 saturated carbocycles. The Hall–Kier alpha value is -3.79. The normalized spacial score (nSPS) is 18.9. The molecule has 3 aromatic rings. The first-order valence-corrected chi connectivity index (χ1v) is 10.4. The summed E-state index contributed by atoms with van der Waals surface area (Å²) in [4.78, 5) is 16.8. The Morgan fingerprint density at radius 1 is 1.13 bits per heavy atom. The molecule has 4 rings (SSSR count). The second-order valence-electron chi connectivity index (χ2n) is 7.82. The van der Waals surface area contributed by atoms with Crippen LogP contribution in [0.5, 0.6) is 11.5 Å². The number of rotatable bonds is 4. The highest BCUT2D eigenvalue weighted by Crippen LogP contribution is 2.32. The minimum Gasteiger partial charge on any atom is -0.457 e. The lowest BCUT2D eigenvalue weighted by Gasteiger charge is -2.27. The van der Waals surface area contributed by atoms with E-state index in [9.17, 15) is 10.1 Å². The smallest absolute Gasteiger partial charge is 0.272 e. The lowest BCUT2D eigenvalue weighted by Crippen LogP contribution is -2.42. The van der Waals surface area contributed by atoms with Crippen molar-refractivity contribution in [2.75, 3.05) is 13.1 Å². The van der Waals surface area contributed by atoms with Gasteiger partial charge in [0.25, 0.3) is 5.91 Å². The molecule has 1 aliphatic rings. The van der Waals surface area contributed by atoms with E-state index in [0.29, 0.717) is 30.2 Å². The monoisotopic (exact) mass is 415 g/mol. The molecule has 2 heterocycles. The summed E-state index contributed by atoms with van der Waals surface area (Å²) in [7, 11) is 0. The van der Waals surface area contributed by atoms with E-state index in [1.165, 1.54) is 0 Å². The van der Waals surface area contributed by atoms with E-state index in [2.05, 4.69) is 16.4 Å². The van der Waals surface area contributed by atoms with Crippen molar-refractivity contribution in [2.24, 2.45) is 0 Å². The Bertz CT molecular complexity index is 1090. The van der Waals surface area contributed by atoms with Crippen molar-refractivity contribution in [1.29, 1.82) is 5.26 Å². The predicted molar refractivity (Wildman–Crippen MR) is 117 cm³/mol. The summed E-state index contributed by atoms with van der Waals surface area (Å²) in [6.07, 6.45) is 2.98. The van der Waals surface area contributed by atoms with Crippen molar-refractivity contribution in [2.45, 2.75) is 32.4 Å². The van der Waals surface area contributed by atoms with Gasteiger partial charge in [0.2, 0.25) is 0 Å². The number of para-hydroxylation sites is 2. The first kappa shape index (κ1) is 20.5. The largest absolute Gasteiger partial charge is 0.457 e. The average Bonchev–Trinajstić information content (AvgIpc) is 3.23. The topological polar surface area (TPSA) is 85.2 Å². The van der Waals surface area contributed by atoms with Gasteiger partial charge >= 0.3 is 0 Å². The number of nitrogens with zero attached hydrogens (tertiary/aromatic N) is 4. The lowest BCUT2D eigenvalue weighted by molar-refractivity contribution is 0.0693. The molecule has 0 radical (unpaired) electrons. The molecule has 2 atom stereocenters. The molecule has 0 bridgehead atoms. The molecule has 1 saturated heterocycles. The van der Waals surface area contributed by atoms with Gasteiger partial charge in [-0.25, -0.2) is 0 Å². The van der Waals surface area contributed by atoms with Crippen LogP contribution in [0.3, 0.4) is 0 Å². The molecule has 2 aromatic carbocycles. The molecule has 1 amide bonds. The molecule has 0 aliphatic carbocycles. The van der Waals surface area contributed by atoms with Crippen molar-refractivity contribution in [1.82, 2.24) is 20.0 Å². The zero-order valence-corrected chi connectivity index (χ0v) is 17.7. The van der Waals surface area contributed by atoms with Gasteiger partial charge in [-0.2, -0.15) is 10.4 Å². The number of H-pyrrole nitrogens is 1. The number of nitrogens with one attached hydrogen (secondary N) is 1. The molecular weight excluding hydrogens is 390 g/mol. The fourth-order valence-electron chi connectivity index (χ4n) is 3.81. The van der Waals surface area contributed by atoms with E-state index >= 15 is 0 Å². The standard InChI is InChI=1S/C24H25N5O2/c1-17-12-13-29(18(2)15-28(17)16-25)24(30)22-14-21(26-27-22)20-10-6-7-11-23(20)31-19-8-4-3-5-9-19/h3-11,14,17-18H,12-13,15H2,1-2H3,(H,26,27)/t17-,18-/m1/s1. The van der Waals surface area contributed by atoms with Gasteiger partial charge in [-0.3, -0.25) is 9.89 Å². The number of hydrogen-bond donors (Lipinski definition) is 1. The van der Waals surface area contributed by atoms with E-state index < -0.39 is 0 Å². The fourth-order valence-corrected chi connectivity index (χ4v) is 3.81. The van der Waals surface area contributed by atoms with E-state index in [1.54, 1.807) is 11.0 Å². The van der Waals surface area contributed by atoms with Gasteiger partial charge in [-0.15, -0.1) is 0 Å². The van der Waals surface area contributed by atoms with Crippen molar-refractivity contribution in [3.8, 4) is 28.9 Å². The van der Waals surface area contributed by atoms with Crippen LogP contribution >= 0.6 is 0 Å². The number of hydrogen-bond acceptors (Lipinski definition) is 5. The molecule has 1 aromatic heterocycles. The van der Waals surface area contributed by atoms with Crippen molar-refractivity contribution in [3.05, 3.63) is 66.4 Å². The zero-order chi connectivity index (χ0) is 21.8. The predicted octanol–water partition coefficient (Wildman–Crippen LogP) is 4.27. The minimum absolute atomic E-state index is 0.0717. The number of ether oxygens (including phenoxy) is 1. The number of aromatic amines is 1. The SMILES string of the molecule is C[C@@H]1CCN(C(=O)c2cc(-c3ccccc3Oc3ccccc3)n[nH]2)[C@H](C)CN1C#N. The molecule has 0 unspecified atom stereocenters. The van der Waals surface area contributed by atoms with E-state index in [1.807, 2.05) is 73.3 Å². The summed E-state index contributed by atoms with van der Waals surface area (Å²) < 4.78 is 6.03. The maximum atomic E-state index is 13.2. The third-order valence-corrected chi connectivity index (χ3v) is 5.64. The van der Waals surface area contributed by atoms with Crippen LogP contribution in [-0.4, -0.2) is 51.1 Å². The molecule has 0 spiro atoms. The van der Waals surface area contributed by atoms with Gasteiger partial charge in [0.05, 0.1) is 5.69 Å². The Kier molecular flexibility index (Phi) is 5.89. The van der Waals surface area contributed by atoms with Crippen LogP contribution in [0.1, 0.15) is 30.8 Å². The van der Waals surface area contributed by atoms with Gasteiger partial charge in [0.15, 0.2) is 6.19 Å². The third kappa shape index (κ3) is 4.38. The summed E-state index contributed by atoms with van der Waals surface area (Å²) >= 11 is 0. The van der Waals surface area contributed by atoms with Gasteiger partial charge in [-0.1, -0.05) is 30.3 Å². The number of carbonyl (C=O) groups excluding carboxylic acids is 1. The average molecular weight is 415 g/mol. The van der Waals surface area contributed by atoms with Crippen molar-refractivity contribution >= 4 is 5.91 Å². The van der Waals surface area contributed by atoms with Crippen LogP contribution in [-0.2, 0) is 0 Å². The fraction of sp³-hybridized carbons (Fsp3) is 0.292. The zero-order valence-electron chi connectivity index (χ0n) is 17.7. The second kappa shape index (κ2) is 8.92. The molecule has 7 nitrogen and oxygen atoms in total. The minimum atomic E-state index is -0.111. The number of amides is 1. The maximum Gasteiger partial charge on any atom is 0.272 e. The van der Waals surface area contributed by atoms with Crippen LogP contribution in [0.25, 0.3) is 11.3 Å². The highest BCUT2D eigenvalue weighted by molar-refractivity contribution is 5.93. The van der Waals surface area contributed by atoms with Crippen LogP contribution in [0.4, 0.5) is 0 Å². The van der Waals surface area contributed by atoms with Crippen LogP contribution in [0.15, 0.2) is 60.7 Å². The first-order chi connectivity index (χ1) is 15.1. The summed E-state index contributed by atoms with van der Waals surface area (Å²) in [5.74, 6) is 1.29. The maximum absolute atomic E-state index is 13.2. The van der Waals surface area contributed by atoms with Crippen molar-refractivity contribution in [3.63, 3.8) is 0 Å². The lowest BCUT2D eigenvalue weighted by atomic mass is 10.1. The van der Waals surface area contributed by atoms with Gasteiger partial charge in [0.1, 0.15) is 17.2 Å². The number of aromatic nitrogens is 2. The highest BCUT2D eigenvalue weighted by atomic mass is 16.5. The molecule has 158 valence electrons. The van der Waals surface area contributed by atoms with Gasteiger partial charge in [0, 0.05) is 30.7 Å². The summed E-state index contributed by atoms with van der Waals surface area (Å²) in [6.45, 7) is 5.11. The Morgan fingerprint density at radius 2 is 1.87 bits per heavy atom. The molecule has 7 heteroatoms. The highest BCUT2D eigenvalue weighted by Gasteiger charge is 2.30. The number of nitriles is 1. The van der Waals surface area contributed by atoms with Crippen LogP contribution < -0.4 is 4.74 Å². The molecular formula is C24H25N5O2. The summed E-state index contributed by atoms with van der Waals surface area (Å²) in [6, 6.07) is 19.0. The Labute approximate surface area is 181 Å². The molecule has 31 heavy (non-hydrogen) atoms. The summed E-state index contributed by atoms with van der Waals surface area (Å²) in [5.41, 5.74) is 1.87. The van der Waals surface area contributed by atoms with E-state index in [4.69, 9.17) is 4.74 Å². The van der Waals surface area contributed by atoms with E-state index in [-0.39, 0.29) is 18.0 Å². The summed E-state index contributed by atoms with van der Waals surface area (Å²) in [5, 5.41) is 16.6. The molecule has 1 fully saturated rings. The molecule has 1 N–H and O–H groups in total. The Morgan fingerprint density at radius 3 is 2.65 bits per heavy atom. The first-order valence-electron chi connectivity index (χ1n) is 10.4. The third-order valence-electron chi connectivity index (χ3n) is 5.64. The van der Waals surface area contributed by atoms with Crippen LogP contribution in [0.2, 0.25) is 0 Å². The van der Waals surface area contributed by atoms with Gasteiger partial charge < -0.3 is 14.5 Å². The number of benzene rings is 2. The van der Waals surface area contributed by atoms with Gasteiger partial charge in [-0.05, 0) is 50.6 Å². The van der Waals surface area contributed by atoms with Crippen LogP contribution in [0, 0.1) is 11.5 Å². The van der Waals surface area contributed by atoms with E-state index in [0.717, 1.165) is 17.7 Å². The van der Waals surface area contributed by atoms with Crippen molar-refractivity contribution < 1.29 is 9.53 Å². The Balaban J connectivity index is 1.56. The number of carbonyl (C=O) groups is 1. The molecule has 1 aliphatic heterocycles. The second-order valence-corrected chi connectivity index (χ2v) is 7.82.